The summed E-state index contributed by atoms with van der Waals surface area (Å²) < 4.78 is 42.6. The predicted molar refractivity (Wildman–Crippen MR) is 56.3 cm³/mol. The Labute approximate surface area is 96.6 Å². The Morgan fingerprint density at radius 1 is 1.41 bits per heavy atom. The van der Waals surface area contributed by atoms with Crippen molar-refractivity contribution in [2.24, 2.45) is 0 Å². The van der Waals surface area contributed by atoms with Crippen LogP contribution in [0.25, 0.3) is 0 Å². The van der Waals surface area contributed by atoms with E-state index >= 15 is 0 Å². The van der Waals surface area contributed by atoms with Crippen LogP contribution < -0.4 is 10.1 Å². The third-order valence-corrected chi connectivity index (χ3v) is 2.16. The molecule has 0 aliphatic rings. The standard InChI is InChI=1S/C11H12F3NO2/c1-15-6-9(16)7-3-4-10(17-2)8(5-7)11(12,13)14/h3-5,15H,6H2,1-2H3. The van der Waals surface area contributed by atoms with Crippen molar-refractivity contribution in [1.29, 1.82) is 0 Å². The van der Waals surface area contributed by atoms with Gasteiger partial charge in [-0.2, -0.15) is 13.2 Å². The number of ketones is 1. The quantitative estimate of drug-likeness (QED) is 0.828. The van der Waals surface area contributed by atoms with Crippen LogP contribution in [0.15, 0.2) is 18.2 Å². The number of likely N-dealkylation sites (N-methyl/N-ethyl adjacent to an activating group) is 1. The van der Waals surface area contributed by atoms with E-state index in [2.05, 4.69) is 10.1 Å². The summed E-state index contributed by atoms with van der Waals surface area (Å²) >= 11 is 0. The maximum atomic E-state index is 12.7. The maximum absolute atomic E-state index is 12.7. The molecule has 0 aliphatic carbocycles. The van der Waals surface area contributed by atoms with Gasteiger partial charge in [0.05, 0.1) is 19.2 Å². The molecule has 0 heterocycles. The van der Waals surface area contributed by atoms with Crippen LogP contribution in [0.3, 0.4) is 0 Å². The van der Waals surface area contributed by atoms with Crippen LogP contribution >= 0.6 is 0 Å². The summed E-state index contributed by atoms with van der Waals surface area (Å²) in [6, 6.07) is 3.26. The Morgan fingerprint density at radius 3 is 2.53 bits per heavy atom. The molecule has 0 bridgehead atoms. The molecule has 0 saturated carbocycles. The molecular weight excluding hydrogens is 235 g/mol. The highest BCUT2D eigenvalue weighted by atomic mass is 19.4. The highest BCUT2D eigenvalue weighted by Gasteiger charge is 2.34. The first kappa shape index (κ1) is 13.5. The zero-order chi connectivity index (χ0) is 13.1. The van der Waals surface area contributed by atoms with Gasteiger partial charge in [-0.3, -0.25) is 4.79 Å². The van der Waals surface area contributed by atoms with Crippen molar-refractivity contribution in [2.45, 2.75) is 6.18 Å². The van der Waals surface area contributed by atoms with Gasteiger partial charge in [0.25, 0.3) is 0 Å². The smallest absolute Gasteiger partial charge is 0.419 e. The number of alkyl halides is 3. The summed E-state index contributed by atoms with van der Waals surface area (Å²) in [5, 5.41) is 2.59. The summed E-state index contributed by atoms with van der Waals surface area (Å²) in [6.07, 6.45) is -4.54. The number of hydrogen-bond acceptors (Lipinski definition) is 3. The Hall–Kier alpha value is -1.56. The summed E-state index contributed by atoms with van der Waals surface area (Å²) in [6.45, 7) is -0.0103. The number of benzene rings is 1. The van der Waals surface area contributed by atoms with Crippen molar-refractivity contribution >= 4 is 5.78 Å². The fraction of sp³-hybridized carbons (Fsp3) is 0.364. The van der Waals surface area contributed by atoms with Crippen LogP contribution in [-0.2, 0) is 6.18 Å². The average molecular weight is 247 g/mol. The number of ether oxygens (including phenoxy) is 1. The van der Waals surface area contributed by atoms with Crippen molar-refractivity contribution in [3.8, 4) is 5.75 Å². The maximum Gasteiger partial charge on any atom is 0.419 e. The molecule has 3 nitrogen and oxygen atoms in total. The Kier molecular flexibility index (Phi) is 4.11. The minimum Gasteiger partial charge on any atom is -0.496 e. The lowest BCUT2D eigenvalue weighted by Crippen LogP contribution is -2.19. The first-order valence-corrected chi connectivity index (χ1v) is 4.83. The second-order valence-corrected chi connectivity index (χ2v) is 3.37. The molecule has 0 atom stereocenters. The van der Waals surface area contributed by atoms with E-state index < -0.39 is 17.5 Å². The largest absolute Gasteiger partial charge is 0.496 e. The Bertz CT molecular complexity index is 416. The zero-order valence-electron chi connectivity index (χ0n) is 9.39. The molecule has 0 saturated heterocycles. The SMILES string of the molecule is CNCC(=O)c1ccc(OC)c(C(F)(F)F)c1. The highest BCUT2D eigenvalue weighted by Crippen LogP contribution is 2.36. The molecule has 0 amide bonds. The molecule has 1 aromatic carbocycles. The van der Waals surface area contributed by atoms with Gasteiger partial charge in [0.1, 0.15) is 5.75 Å². The van der Waals surface area contributed by atoms with Crippen molar-refractivity contribution in [3.05, 3.63) is 29.3 Å². The Balaban J connectivity index is 3.18. The van der Waals surface area contributed by atoms with Gasteiger partial charge in [-0.05, 0) is 25.2 Å². The number of hydrogen-bond donors (Lipinski definition) is 1. The molecule has 1 aromatic rings. The molecule has 17 heavy (non-hydrogen) atoms. The third-order valence-electron chi connectivity index (χ3n) is 2.16. The van der Waals surface area contributed by atoms with Gasteiger partial charge < -0.3 is 10.1 Å². The van der Waals surface area contributed by atoms with Crippen molar-refractivity contribution in [1.82, 2.24) is 5.32 Å². The summed E-state index contributed by atoms with van der Waals surface area (Å²) in [5.74, 6) is -0.695. The monoisotopic (exact) mass is 247 g/mol. The first-order chi connectivity index (χ1) is 7.90. The van der Waals surface area contributed by atoms with Crippen LogP contribution in [0.1, 0.15) is 15.9 Å². The van der Waals surface area contributed by atoms with E-state index in [0.717, 1.165) is 19.2 Å². The van der Waals surface area contributed by atoms with Crippen LogP contribution in [0.2, 0.25) is 0 Å². The van der Waals surface area contributed by atoms with E-state index in [-0.39, 0.29) is 17.9 Å². The molecule has 0 aromatic heterocycles. The minimum absolute atomic E-state index is 0.00692. The van der Waals surface area contributed by atoms with E-state index in [1.165, 1.54) is 6.07 Å². The van der Waals surface area contributed by atoms with E-state index in [9.17, 15) is 18.0 Å². The van der Waals surface area contributed by atoms with Crippen molar-refractivity contribution in [3.63, 3.8) is 0 Å². The van der Waals surface area contributed by atoms with Crippen LogP contribution in [0.5, 0.6) is 5.75 Å². The molecule has 1 N–H and O–H groups in total. The van der Waals surface area contributed by atoms with E-state index in [0.29, 0.717) is 0 Å². The molecule has 0 fully saturated rings. The molecule has 0 aliphatic heterocycles. The second-order valence-electron chi connectivity index (χ2n) is 3.37. The van der Waals surface area contributed by atoms with Gasteiger partial charge in [0.2, 0.25) is 0 Å². The molecule has 0 spiro atoms. The van der Waals surface area contributed by atoms with Crippen LogP contribution in [-0.4, -0.2) is 26.5 Å². The molecular formula is C11H12F3NO2. The van der Waals surface area contributed by atoms with E-state index in [1.807, 2.05) is 0 Å². The number of carbonyl (C=O) groups is 1. The average Bonchev–Trinajstić information content (AvgIpc) is 2.27. The van der Waals surface area contributed by atoms with Gasteiger partial charge in [0, 0.05) is 5.56 Å². The van der Waals surface area contributed by atoms with E-state index in [4.69, 9.17) is 0 Å². The number of halogens is 3. The van der Waals surface area contributed by atoms with Crippen molar-refractivity contribution in [2.75, 3.05) is 20.7 Å². The van der Waals surface area contributed by atoms with Crippen molar-refractivity contribution < 1.29 is 22.7 Å². The fourth-order valence-corrected chi connectivity index (χ4v) is 1.37. The number of Topliss-reactive ketones (excluding diaryl/α,β-unsaturated/α-hetero) is 1. The van der Waals surface area contributed by atoms with E-state index in [1.54, 1.807) is 7.05 Å². The second kappa shape index (κ2) is 5.18. The zero-order valence-corrected chi connectivity index (χ0v) is 9.39. The molecule has 6 heteroatoms. The lowest BCUT2D eigenvalue weighted by Gasteiger charge is -2.13. The molecule has 0 unspecified atom stereocenters. The Morgan fingerprint density at radius 2 is 2.06 bits per heavy atom. The fourth-order valence-electron chi connectivity index (χ4n) is 1.37. The normalized spacial score (nSPS) is 11.4. The van der Waals surface area contributed by atoms with Gasteiger partial charge in [0.15, 0.2) is 5.78 Å². The lowest BCUT2D eigenvalue weighted by molar-refractivity contribution is -0.138. The van der Waals surface area contributed by atoms with Gasteiger partial charge in [-0.15, -0.1) is 0 Å². The number of rotatable bonds is 4. The highest BCUT2D eigenvalue weighted by molar-refractivity contribution is 5.98. The molecule has 0 radical (unpaired) electrons. The summed E-state index contributed by atoms with van der Waals surface area (Å²) in [7, 11) is 2.70. The summed E-state index contributed by atoms with van der Waals surface area (Å²) in [5.41, 5.74) is -0.936. The number of methoxy groups -OCH3 is 1. The number of nitrogens with one attached hydrogen (secondary N) is 1. The van der Waals surface area contributed by atoms with Gasteiger partial charge in [-0.25, -0.2) is 0 Å². The van der Waals surface area contributed by atoms with Gasteiger partial charge >= 0.3 is 6.18 Å². The third kappa shape index (κ3) is 3.20. The van der Waals surface area contributed by atoms with Gasteiger partial charge in [-0.1, -0.05) is 0 Å². The summed E-state index contributed by atoms with van der Waals surface area (Å²) in [4.78, 5) is 11.5. The first-order valence-electron chi connectivity index (χ1n) is 4.83. The van der Waals surface area contributed by atoms with Crippen LogP contribution in [0, 0.1) is 0 Å². The van der Waals surface area contributed by atoms with Crippen LogP contribution in [0.4, 0.5) is 13.2 Å². The molecule has 1 rings (SSSR count). The molecule has 94 valence electrons. The minimum atomic E-state index is -4.54. The lowest BCUT2D eigenvalue weighted by atomic mass is 10.1. The number of carbonyl (C=O) groups excluding carboxylic acids is 1. The topological polar surface area (TPSA) is 38.3 Å². The predicted octanol–water partition coefficient (Wildman–Crippen LogP) is 2.12.